The number of nitrogen functional groups attached to an aromatic ring is 1. The lowest BCUT2D eigenvalue weighted by molar-refractivity contribution is 0.217. The summed E-state index contributed by atoms with van der Waals surface area (Å²) in [5, 5.41) is 0. The van der Waals surface area contributed by atoms with Crippen molar-refractivity contribution in [2.75, 3.05) is 18.8 Å². The van der Waals surface area contributed by atoms with Crippen molar-refractivity contribution in [3.8, 4) is 0 Å². The molecule has 1 atom stereocenters. The fourth-order valence-electron chi connectivity index (χ4n) is 2.92. The molecule has 5 nitrogen and oxygen atoms in total. The van der Waals surface area contributed by atoms with Crippen molar-refractivity contribution in [1.82, 2.24) is 9.29 Å². The second-order valence-corrected chi connectivity index (χ2v) is 8.72. The maximum absolute atomic E-state index is 12.7. The van der Waals surface area contributed by atoms with Crippen molar-refractivity contribution in [3.63, 3.8) is 0 Å². The Morgan fingerprint density at radius 1 is 1.29 bits per heavy atom. The zero-order chi connectivity index (χ0) is 15.7. The van der Waals surface area contributed by atoms with Gasteiger partial charge < -0.3 is 5.73 Å². The highest BCUT2D eigenvalue weighted by Crippen LogP contribution is 2.35. The minimum atomic E-state index is -3.54. The van der Waals surface area contributed by atoms with Gasteiger partial charge in [-0.25, -0.2) is 8.42 Å². The highest BCUT2D eigenvalue weighted by molar-refractivity contribution is 7.89. The van der Waals surface area contributed by atoms with Gasteiger partial charge in [-0.15, -0.1) is 0 Å². The van der Waals surface area contributed by atoms with Crippen molar-refractivity contribution in [2.24, 2.45) is 11.3 Å². The van der Waals surface area contributed by atoms with E-state index in [1.165, 1.54) is 18.5 Å². The fourth-order valence-corrected chi connectivity index (χ4v) is 4.48. The van der Waals surface area contributed by atoms with E-state index < -0.39 is 10.0 Å². The Kier molecular flexibility index (Phi) is 4.58. The summed E-state index contributed by atoms with van der Waals surface area (Å²) in [5.74, 6) is 0.545. The van der Waals surface area contributed by atoms with E-state index in [1.54, 1.807) is 4.31 Å². The Balaban J connectivity index is 2.21. The standard InChI is InChI=1S/C15H25N3O2S/c1-15(2,3)12-5-4-9-18(10-7-12)21(19,20)14-11-17-8-6-13(14)16/h6,8,11-12H,4-5,7,9-10H2,1-3H3,(H2,16,17). The number of rotatable bonds is 2. The monoisotopic (exact) mass is 311 g/mol. The average Bonchev–Trinajstić information content (AvgIpc) is 2.64. The first-order valence-electron chi connectivity index (χ1n) is 7.42. The van der Waals surface area contributed by atoms with Crippen LogP contribution in [0.1, 0.15) is 40.0 Å². The third-order valence-corrected chi connectivity index (χ3v) is 6.29. The zero-order valence-corrected chi connectivity index (χ0v) is 13.9. The van der Waals surface area contributed by atoms with E-state index in [-0.39, 0.29) is 16.0 Å². The number of nitrogens with two attached hydrogens (primary N) is 1. The molecule has 2 rings (SSSR count). The van der Waals surface area contributed by atoms with Crippen LogP contribution in [0.5, 0.6) is 0 Å². The highest BCUT2D eigenvalue weighted by atomic mass is 32.2. The highest BCUT2D eigenvalue weighted by Gasteiger charge is 2.32. The van der Waals surface area contributed by atoms with Crippen LogP contribution in [-0.4, -0.2) is 30.8 Å². The molecule has 0 spiro atoms. The topological polar surface area (TPSA) is 76.3 Å². The molecule has 0 bridgehead atoms. The maximum Gasteiger partial charge on any atom is 0.246 e. The smallest absolute Gasteiger partial charge is 0.246 e. The molecule has 0 radical (unpaired) electrons. The van der Waals surface area contributed by atoms with Gasteiger partial charge >= 0.3 is 0 Å². The summed E-state index contributed by atoms with van der Waals surface area (Å²) in [5.41, 5.74) is 6.28. The molecule has 6 heteroatoms. The van der Waals surface area contributed by atoms with E-state index in [1.807, 2.05) is 0 Å². The van der Waals surface area contributed by atoms with Gasteiger partial charge in [0.15, 0.2) is 0 Å². The molecule has 0 aliphatic carbocycles. The van der Waals surface area contributed by atoms with Crippen LogP contribution in [0.4, 0.5) is 5.69 Å². The van der Waals surface area contributed by atoms with E-state index in [9.17, 15) is 8.42 Å². The van der Waals surface area contributed by atoms with Crippen LogP contribution in [0.15, 0.2) is 23.4 Å². The minimum Gasteiger partial charge on any atom is -0.398 e. The molecule has 1 saturated heterocycles. The molecule has 1 aliphatic heterocycles. The zero-order valence-electron chi connectivity index (χ0n) is 13.0. The van der Waals surface area contributed by atoms with Gasteiger partial charge in [-0.05, 0) is 36.7 Å². The molecule has 1 aromatic heterocycles. The third-order valence-electron chi connectivity index (χ3n) is 4.35. The Bertz CT molecular complexity index is 593. The Morgan fingerprint density at radius 3 is 2.62 bits per heavy atom. The maximum atomic E-state index is 12.7. The van der Waals surface area contributed by atoms with Crippen LogP contribution in [0, 0.1) is 11.3 Å². The SMILES string of the molecule is CC(C)(C)C1CCCN(S(=O)(=O)c2cnccc2N)CC1. The first-order valence-corrected chi connectivity index (χ1v) is 8.86. The molecule has 0 aromatic carbocycles. The second-order valence-electron chi connectivity index (χ2n) is 6.81. The number of hydrogen-bond donors (Lipinski definition) is 1. The van der Waals surface area contributed by atoms with E-state index in [4.69, 9.17) is 5.73 Å². The van der Waals surface area contributed by atoms with Crippen LogP contribution in [-0.2, 0) is 10.0 Å². The van der Waals surface area contributed by atoms with Gasteiger partial charge in [0, 0.05) is 25.5 Å². The number of hydrogen-bond acceptors (Lipinski definition) is 4. The summed E-state index contributed by atoms with van der Waals surface area (Å²) in [6, 6.07) is 1.53. The predicted octanol–water partition coefficient (Wildman–Crippen LogP) is 2.50. The van der Waals surface area contributed by atoms with Crippen molar-refractivity contribution in [1.29, 1.82) is 0 Å². The van der Waals surface area contributed by atoms with E-state index in [0.29, 0.717) is 19.0 Å². The lowest BCUT2D eigenvalue weighted by atomic mass is 9.77. The van der Waals surface area contributed by atoms with E-state index >= 15 is 0 Å². The molecular formula is C15H25N3O2S. The Labute approximate surface area is 127 Å². The molecule has 2 N–H and O–H groups in total. The first-order chi connectivity index (χ1) is 9.73. The van der Waals surface area contributed by atoms with Gasteiger partial charge in [0.2, 0.25) is 10.0 Å². The Morgan fingerprint density at radius 2 is 2.00 bits per heavy atom. The largest absolute Gasteiger partial charge is 0.398 e. The molecular weight excluding hydrogens is 286 g/mol. The summed E-state index contributed by atoms with van der Waals surface area (Å²) in [4.78, 5) is 4.02. The molecule has 21 heavy (non-hydrogen) atoms. The van der Waals surface area contributed by atoms with Crippen molar-refractivity contribution < 1.29 is 8.42 Å². The molecule has 0 amide bonds. The molecule has 0 saturated carbocycles. The number of aromatic nitrogens is 1. The van der Waals surface area contributed by atoms with Crippen LogP contribution in [0.2, 0.25) is 0 Å². The predicted molar refractivity (Wildman–Crippen MR) is 84.2 cm³/mol. The van der Waals surface area contributed by atoms with Crippen molar-refractivity contribution in [3.05, 3.63) is 18.5 Å². The van der Waals surface area contributed by atoms with Crippen LogP contribution in [0.3, 0.4) is 0 Å². The van der Waals surface area contributed by atoms with Gasteiger partial charge in [0.25, 0.3) is 0 Å². The fraction of sp³-hybridized carbons (Fsp3) is 0.667. The normalized spacial score (nSPS) is 22.0. The molecule has 1 aromatic rings. The number of sulfonamides is 1. The first kappa shape index (κ1) is 16.2. The van der Waals surface area contributed by atoms with Crippen molar-refractivity contribution in [2.45, 2.75) is 44.9 Å². The van der Waals surface area contributed by atoms with Crippen LogP contribution >= 0.6 is 0 Å². The summed E-state index contributed by atoms with van der Waals surface area (Å²) < 4.78 is 27.0. The van der Waals surface area contributed by atoms with Gasteiger partial charge in [-0.1, -0.05) is 20.8 Å². The van der Waals surface area contributed by atoms with E-state index in [2.05, 4.69) is 25.8 Å². The van der Waals surface area contributed by atoms with Gasteiger partial charge in [-0.2, -0.15) is 4.31 Å². The molecule has 1 aliphatic rings. The Hall–Kier alpha value is -1.14. The van der Waals surface area contributed by atoms with E-state index in [0.717, 1.165) is 19.3 Å². The summed E-state index contributed by atoms with van der Waals surface area (Å²) in [6.07, 6.45) is 5.70. The molecule has 1 fully saturated rings. The van der Waals surface area contributed by atoms with Crippen LogP contribution < -0.4 is 5.73 Å². The molecule has 118 valence electrons. The number of nitrogens with zero attached hydrogens (tertiary/aromatic N) is 2. The van der Waals surface area contributed by atoms with Crippen molar-refractivity contribution >= 4 is 15.7 Å². The minimum absolute atomic E-state index is 0.124. The second kappa shape index (κ2) is 5.93. The third kappa shape index (κ3) is 3.55. The lowest BCUT2D eigenvalue weighted by Gasteiger charge is -2.29. The van der Waals surface area contributed by atoms with Crippen LogP contribution in [0.25, 0.3) is 0 Å². The summed E-state index contributed by atoms with van der Waals surface area (Å²) in [6.45, 7) is 7.78. The summed E-state index contributed by atoms with van der Waals surface area (Å²) >= 11 is 0. The van der Waals surface area contributed by atoms with Gasteiger partial charge in [0.1, 0.15) is 4.90 Å². The van der Waals surface area contributed by atoms with Gasteiger partial charge in [0.05, 0.1) is 5.69 Å². The quantitative estimate of drug-likeness (QED) is 0.910. The number of pyridine rings is 1. The average molecular weight is 311 g/mol. The van der Waals surface area contributed by atoms with Gasteiger partial charge in [-0.3, -0.25) is 4.98 Å². The molecule has 2 heterocycles. The lowest BCUT2D eigenvalue weighted by Crippen LogP contribution is -2.33. The molecule has 1 unspecified atom stereocenters. The number of anilines is 1. The summed E-state index contributed by atoms with van der Waals surface area (Å²) in [7, 11) is -3.54.